The zero-order chi connectivity index (χ0) is 10.8. The number of carbonyl (C=O) groups is 1. The number of rotatable bonds is 8. The van der Waals surface area contributed by atoms with E-state index < -0.39 is 0 Å². The van der Waals surface area contributed by atoms with Crippen LogP contribution < -0.4 is 5.32 Å². The van der Waals surface area contributed by atoms with Crippen molar-refractivity contribution in [3.8, 4) is 0 Å². The highest BCUT2D eigenvalue weighted by Crippen LogP contribution is 1.94. The average molecular weight is 204 g/mol. The quantitative estimate of drug-likeness (QED) is 0.464. The van der Waals surface area contributed by atoms with Crippen LogP contribution in [0.3, 0.4) is 0 Å². The molecule has 0 unspecified atom stereocenters. The topological polar surface area (TPSA) is 72.8 Å². The Labute approximate surface area is 84.7 Å². The van der Waals surface area contributed by atoms with Crippen molar-refractivity contribution >= 4 is 5.91 Å². The molecule has 0 aromatic heterocycles. The van der Waals surface area contributed by atoms with Crippen molar-refractivity contribution in [2.24, 2.45) is 0 Å². The van der Waals surface area contributed by atoms with Crippen molar-refractivity contribution in [3.05, 3.63) is 0 Å². The van der Waals surface area contributed by atoms with Gasteiger partial charge < -0.3 is 15.5 Å². The van der Waals surface area contributed by atoms with Crippen molar-refractivity contribution in [3.63, 3.8) is 0 Å². The van der Waals surface area contributed by atoms with Crippen LogP contribution in [0, 0.1) is 0 Å². The van der Waals surface area contributed by atoms with Crippen LogP contribution in [0.4, 0.5) is 0 Å². The van der Waals surface area contributed by atoms with Crippen molar-refractivity contribution in [2.75, 3.05) is 39.9 Å². The highest BCUT2D eigenvalue weighted by atomic mass is 16.3. The van der Waals surface area contributed by atoms with Crippen LogP contribution in [-0.4, -0.2) is 60.9 Å². The first-order valence-corrected chi connectivity index (χ1v) is 4.89. The predicted molar refractivity (Wildman–Crippen MR) is 53.9 cm³/mol. The standard InChI is InChI=1S/C9H20N2O3/c1-10-9(14)3-2-4-11(5-7-12)6-8-13/h12-13H,2-8H2,1H3,(H,10,14). The third kappa shape index (κ3) is 6.82. The number of aliphatic hydroxyl groups is 2. The summed E-state index contributed by atoms with van der Waals surface area (Å²) in [7, 11) is 1.61. The predicted octanol–water partition coefficient (Wildman–Crippen LogP) is -1.20. The van der Waals surface area contributed by atoms with E-state index in [4.69, 9.17) is 10.2 Å². The molecule has 0 heterocycles. The highest BCUT2D eigenvalue weighted by Gasteiger charge is 2.04. The number of aliphatic hydroxyl groups excluding tert-OH is 2. The lowest BCUT2D eigenvalue weighted by Gasteiger charge is -2.19. The lowest BCUT2D eigenvalue weighted by atomic mass is 10.2. The van der Waals surface area contributed by atoms with E-state index in [0.717, 1.165) is 13.0 Å². The van der Waals surface area contributed by atoms with Crippen LogP contribution in [0.15, 0.2) is 0 Å². The van der Waals surface area contributed by atoms with Gasteiger partial charge in [-0.3, -0.25) is 9.69 Å². The maximum Gasteiger partial charge on any atom is 0.219 e. The summed E-state index contributed by atoms with van der Waals surface area (Å²) in [5, 5.41) is 20.0. The van der Waals surface area contributed by atoms with E-state index in [1.54, 1.807) is 7.05 Å². The fourth-order valence-corrected chi connectivity index (χ4v) is 1.21. The third-order valence-electron chi connectivity index (χ3n) is 1.99. The van der Waals surface area contributed by atoms with Gasteiger partial charge in [0, 0.05) is 26.6 Å². The lowest BCUT2D eigenvalue weighted by molar-refractivity contribution is -0.120. The van der Waals surface area contributed by atoms with E-state index in [1.165, 1.54) is 0 Å². The molecule has 14 heavy (non-hydrogen) atoms. The minimum Gasteiger partial charge on any atom is -0.395 e. The minimum atomic E-state index is 0.0259. The van der Waals surface area contributed by atoms with Gasteiger partial charge in [-0.25, -0.2) is 0 Å². The molecular formula is C9H20N2O3. The Morgan fingerprint density at radius 1 is 1.21 bits per heavy atom. The van der Waals surface area contributed by atoms with Gasteiger partial charge in [-0.15, -0.1) is 0 Å². The average Bonchev–Trinajstić information content (AvgIpc) is 2.18. The van der Waals surface area contributed by atoms with Gasteiger partial charge in [0.25, 0.3) is 0 Å². The van der Waals surface area contributed by atoms with Gasteiger partial charge in [-0.05, 0) is 13.0 Å². The van der Waals surface area contributed by atoms with Gasteiger partial charge in [-0.2, -0.15) is 0 Å². The van der Waals surface area contributed by atoms with Crippen LogP contribution in [0.5, 0.6) is 0 Å². The van der Waals surface area contributed by atoms with Crippen molar-refractivity contribution in [2.45, 2.75) is 12.8 Å². The molecule has 0 fully saturated rings. The van der Waals surface area contributed by atoms with E-state index in [0.29, 0.717) is 19.5 Å². The molecule has 84 valence electrons. The number of carbonyl (C=O) groups excluding carboxylic acids is 1. The zero-order valence-electron chi connectivity index (χ0n) is 8.70. The molecule has 0 aliphatic carbocycles. The SMILES string of the molecule is CNC(=O)CCCN(CCO)CCO. The summed E-state index contributed by atoms with van der Waals surface area (Å²) in [6.45, 7) is 2.00. The Morgan fingerprint density at radius 3 is 2.21 bits per heavy atom. The largest absolute Gasteiger partial charge is 0.395 e. The molecule has 3 N–H and O–H groups in total. The lowest BCUT2D eigenvalue weighted by Crippen LogP contribution is -2.31. The molecule has 5 heteroatoms. The summed E-state index contributed by atoms with van der Waals surface area (Å²) in [5.41, 5.74) is 0. The van der Waals surface area contributed by atoms with E-state index in [-0.39, 0.29) is 19.1 Å². The molecule has 0 aromatic carbocycles. The number of hydrogen-bond donors (Lipinski definition) is 3. The minimum absolute atomic E-state index is 0.0259. The molecule has 0 radical (unpaired) electrons. The molecule has 0 rings (SSSR count). The maximum atomic E-state index is 10.9. The summed E-state index contributed by atoms with van der Waals surface area (Å²) in [6, 6.07) is 0. The molecule has 0 saturated heterocycles. The Balaban J connectivity index is 3.54. The van der Waals surface area contributed by atoms with E-state index in [9.17, 15) is 4.79 Å². The summed E-state index contributed by atoms with van der Waals surface area (Å²) in [6.07, 6.45) is 1.24. The smallest absolute Gasteiger partial charge is 0.219 e. The van der Waals surface area contributed by atoms with E-state index in [1.807, 2.05) is 4.90 Å². The monoisotopic (exact) mass is 204 g/mol. The first-order valence-electron chi connectivity index (χ1n) is 4.89. The van der Waals surface area contributed by atoms with Crippen molar-refractivity contribution in [1.82, 2.24) is 10.2 Å². The number of amides is 1. The fraction of sp³-hybridized carbons (Fsp3) is 0.889. The van der Waals surface area contributed by atoms with Crippen molar-refractivity contribution < 1.29 is 15.0 Å². The van der Waals surface area contributed by atoms with E-state index in [2.05, 4.69) is 5.32 Å². The normalized spacial score (nSPS) is 10.6. The van der Waals surface area contributed by atoms with Crippen LogP contribution in [0.2, 0.25) is 0 Å². The second-order valence-corrected chi connectivity index (χ2v) is 3.07. The summed E-state index contributed by atoms with van der Waals surface area (Å²) < 4.78 is 0. The third-order valence-corrected chi connectivity index (χ3v) is 1.99. The van der Waals surface area contributed by atoms with Crippen LogP contribution >= 0.6 is 0 Å². The van der Waals surface area contributed by atoms with Gasteiger partial charge in [0.15, 0.2) is 0 Å². The molecule has 0 aliphatic heterocycles. The Hall–Kier alpha value is -0.650. The van der Waals surface area contributed by atoms with Gasteiger partial charge in [-0.1, -0.05) is 0 Å². The molecule has 5 nitrogen and oxygen atoms in total. The molecule has 0 atom stereocenters. The molecule has 0 aliphatic rings. The molecule has 0 bridgehead atoms. The molecule has 0 spiro atoms. The van der Waals surface area contributed by atoms with Crippen LogP contribution in [0.25, 0.3) is 0 Å². The molecule has 0 saturated carbocycles. The van der Waals surface area contributed by atoms with Gasteiger partial charge in [0.05, 0.1) is 13.2 Å². The maximum absolute atomic E-state index is 10.9. The summed E-state index contributed by atoms with van der Waals surface area (Å²) in [5.74, 6) is 0.0259. The zero-order valence-corrected chi connectivity index (χ0v) is 8.70. The molecular weight excluding hydrogens is 184 g/mol. The number of nitrogens with zero attached hydrogens (tertiary/aromatic N) is 1. The Bertz CT molecular complexity index is 147. The molecule has 1 amide bonds. The Kier molecular flexibility index (Phi) is 8.51. The van der Waals surface area contributed by atoms with Crippen LogP contribution in [0.1, 0.15) is 12.8 Å². The first kappa shape index (κ1) is 13.4. The number of hydrogen-bond acceptors (Lipinski definition) is 4. The second kappa shape index (κ2) is 8.93. The molecule has 0 aromatic rings. The van der Waals surface area contributed by atoms with Gasteiger partial charge >= 0.3 is 0 Å². The second-order valence-electron chi connectivity index (χ2n) is 3.07. The highest BCUT2D eigenvalue weighted by molar-refractivity contribution is 5.75. The summed E-state index contributed by atoms with van der Waals surface area (Å²) in [4.78, 5) is 12.8. The van der Waals surface area contributed by atoms with Crippen molar-refractivity contribution in [1.29, 1.82) is 0 Å². The first-order chi connectivity index (χ1) is 6.74. The fourth-order valence-electron chi connectivity index (χ4n) is 1.21. The van der Waals surface area contributed by atoms with E-state index >= 15 is 0 Å². The Morgan fingerprint density at radius 2 is 1.79 bits per heavy atom. The van der Waals surface area contributed by atoms with Gasteiger partial charge in [0.1, 0.15) is 0 Å². The summed E-state index contributed by atoms with van der Waals surface area (Å²) >= 11 is 0. The van der Waals surface area contributed by atoms with Gasteiger partial charge in [0.2, 0.25) is 5.91 Å². The van der Waals surface area contributed by atoms with Crippen LogP contribution in [-0.2, 0) is 4.79 Å². The number of nitrogens with one attached hydrogen (secondary N) is 1.